The van der Waals surface area contributed by atoms with E-state index in [1.165, 1.54) is 38.5 Å². The van der Waals surface area contributed by atoms with Gasteiger partial charge in [0.25, 0.3) is 0 Å². The van der Waals surface area contributed by atoms with Gasteiger partial charge >= 0.3 is 0 Å². The molecular weight excluding hydrogens is 328 g/mol. The van der Waals surface area contributed by atoms with Gasteiger partial charge in [0, 0.05) is 12.1 Å². The van der Waals surface area contributed by atoms with Crippen LogP contribution in [0.25, 0.3) is 0 Å². The topological polar surface area (TPSA) is 15.3 Å². The first-order valence-electron chi connectivity index (χ1n) is 12.1. The number of hydrogen-bond donors (Lipinski definition) is 1. The zero-order chi connectivity index (χ0) is 19.2. The molecule has 154 valence electrons. The minimum atomic E-state index is 0.615. The minimum Gasteiger partial charge on any atom is -0.317 e. The summed E-state index contributed by atoms with van der Waals surface area (Å²) < 4.78 is 0. The molecule has 5 aliphatic carbocycles. The van der Waals surface area contributed by atoms with E-state index >= 15 is 0 Å². The number of fused-ring (bicyclic) bond motifs is 2. The van der Waals surface area contributed by atoms with Crippen LogP contribution in [0.15, 0.2) is 0 Å². The van der Waals surface area contributed by atoms with E-state index in [2.05, 4.69) is 52.1 Å². The van der Waals surface area contributed by atoms with Crippen molar-refractivity contribution >= 4 is 0 Å². The molecule has 5 saturated carbocycles. The van der Waals surface area contributed by atoms with E-state index in [0.29, 0.717) is 5.41 Å². The Hall–Kier alpha value is -0.0800. The van der Waals surface area contributed by atoms with E-state index in [1.807, 2.05) is 0 Å². The van der Waals surface area contributed by atoms with Crippen molar-refractivity contribution < 1.29 is 0 Å². The highest BCUT2D eigenvalue weighted by atomic mass is 15.1. The van der Waals surface area contributed by atoms with Crippen molar-refractivity contribution in [2.75, 3.05) is 21.1 Å². The van der Waals surface area contributed by atoms with Crippen LogP contribution in [0, 0.1) is 45.8 Å². The summed E-state index contributed by atoms with van der Waals surface area (Å²) in [4.78, 5) is 2.50. The summed E-state index contributed by atoms with van der Waals surface area (Å²) in [5.74, 6) is 4.91. The van der Waals surface area contributed by atoms with Crippen LogP contribution in [0.5, 0.6) is 0 Å². The second-order valence-corrected chi connectivity index (χ2v) is 12.1. The lowest BCUT2D eigenvalue weighted by atomic mass is 9.48. The summed E-state index contributed by atoms with van der Waals surface area (Å²) >= 11 is 0. The molecule has 2 spiro atoms. The maximum atomic E-state index is 3.66. The van der Waals surface area contributed by atoms with E-state index in [1.54, 1.807) is 19.3 Å². The smallest absolute Gasteiger partial charge is 0.00944 e. The lowest BCUT2D eigenvalue weighted by Crippen LogP contribution is -2.53. The number of rotatable bonds is 3. The summed E-state index contributed by atoms with van der Waals surface area (Å²) in [6, 6.07) is 1.52. The first-order chi connectivity index (χ1) is 12.8. The zero-order valence-electron chi connectivity index (χ0n) is 18.9. The molecule has 0 bridgehead atoms. The Bertz CT molecular complexity index is 601. The molecule has 0 aromatic carbocycles. The molecule has 10 atom stereocenters. The van der Waals surface area contributed by atoms with Gasteiger partial charge in [-0.3, -0.25) is 0 Å². The second-order valence-electron chi connectivity index (χ2n) is 12.1. The predicted molar refractivity (Wildman–Crippen MR) is 114 cm³/mol. The monoisotopic (exact) mass is 372 g/mol. The molecule has 0 amide bonds. The van der Waals surface area contributed by atoms with Crippen molar-refractivity contribution in [2.24, 2.45) is 45.8 Å². The van der Waals surface area contributed by atoms with Gasteiger partial charge in [-0.1, -0.05) is 13.8 Å². The van der Waals surface area contributed by atoms with Crippen molar-refractivity contribution in [1.82, 2.24) is 10.2 Å². The predicted octanol–water partition coefficient (Wildman–Crippen LogP) is 5.18. The minimum absolute atomic E-state index is 0.615. The molecule has 0 aromatic rings. The van der Waals surface area contributed by atoms with Crippen LogP contribution in [0.4, 0.5) is 0 Å². The SMILES string of the molecule is CNC1CCC23CC24CCC2(C)C(C(C)N(C)C)CCC2C4CCC3C1C. The Balaban J connectivity index is 1.42. The molecular formula is C25H44N2. The van der Waals surface area contributed by atoms with Crippen LogP contribution in [0.1, 0.15) is 78.6 Å². The first kappa shape index (κ1) is 18.9. The number of nitrogens with one attached hydrogen (secondary N) is 1. The van der Waals surface area contributed by atoms with Crippen LogP contribution in [0.2, 0.25) is 0 Å². The molecule has 0 radical (unpaired) electrons. The lowest BCUT2D eigenvalue weighted by Gasteiger charge is -2.58. The van der Waals surface area contributed by atoms with E-state index < -0.39 is 0 Å². The van der Waals surface area contributed by atoms with Crippen LogP contribution in [0.3, 0.4) is 0 Å². The summed E-state index contributed by atoms with van der Waals surface area (Å²) in [6.07, 6.45) is 13.8. The fourth-order valence-corrected chi connectivity index (χ4v) is 10.2. The molecule has 0 heterocycles. The highest BCUT2D eigenvalue weighted by molar-refractivity contribution is 5.27. The molecule has 5 aliphatic rings. The Morgan fingerprint density at radius 3 is 2.26 bits per heavy atom. The average Bonchev–Trinajstić information content (AvgIpc) is 3.18. The quantitative estimate of drug-likeness (QED) is 0.734. The molecule has 5 fully saturated rings. The molecule has 5 rings (SSSR count). The van der Waals surface area contributed by atoms with Gasteiger partial charge in [-0.25, -0.2) is 0 Å². The normalized spacial score (nSPS) is 57.4. The van der Waals surface area contributed by atoms with Crippen molar-refractivity contribution in [1.29, 1.82) is 0 Å². The number of nitrogens with zero attached hydrogens (tertiary/aromatic N) is 1. The highest BCUT2D eigenvalue weighted by Gasteiger charge is 2.78. The fraction of sp³-hybridized carbons (Fsp3) is 1.00. The van der Waals surface area contributed by atoms with Crippen molar-refractivity contribution in [3.63, 3.8) is 0 Å². The van der Waals surface area contributed by atoms with Gasteiger partial charge in [-0.05, 0) is 132 Å². The van der Waals surface area contributed by atoms with Crippen molar-refractivity contribution in [2.45, 2.75) is 90.6 Å². The molecule has 0 aliphatic heterocycles. The van der Waals surface area contributed by atoms with Crippen LogP contribution < -0.4 is 5.32 Å². The standard InChI is InChI=1S/C25H44N2/c1-16-18-7-10-21-20-9-8-19(17(2)27(5)6)23(20,3)13-14-25(21)15-24(18,25)12-11-22(16)26-4/h16-22,26H,7-15H2,1-6H3. The van der Waals surface area contributed by atoms with Crippen LogP contribution >= 0.6 is 0 Å². The molecule has 0 aromatic heterocycles. The van der Waals surface area contributed by atoms with Gasteiger partial charge in [0.05, 0.1) is 0 Å². The summed E-state index contributed by atoms with van der Waals surface area (Å²) in [5.41, 5.74) is 2.14. The molecule has 27 heavy (non-hydrogen) atoms. The maximum Gasteiger partial charge on any atom is 0.00944 e. The summed E-state index contributed by atoms with van der Waals surface area (Å²) in [5, 5.41) is 3.66. The third kappa shape index (κ3) is 2.21. The van der Waals surface area contributed by atoms with Gasteiger partial charge < -0.3 is 10.2 Å². The van der Waals surface area contributed by atoms with Gasteiger partial charge in [-0.2, -0.15) is 0 Å². The third-order valence-electron chi connectivity index (χ3n) is 11.7. The Morgan fingerprint density at radius 2 is 1.56 bits per heavy atom. The Labute approximate surface area is 168 Å². The molecule has 10 unspecified atom stereocenters. The van der Waals surface area contributed by atoms with Crippen molar-refractivity contribution in [3.05, 3.63) is 0 Å². The van der Waals surface area contributed by atoms with E-state index in [9.17, 15) is 0 Å². The summed E-state index contributed by atoms with van der Waals surface area (Å²) in [7, 11) is 6.80. The maximum absolute atomic E-state index is 3.66. The van der Waals surface area contributed by atoms with Gasteiger partial charge in [0.1, 0.15) is 0 Å². The molecule has 1 N–H and O–H groups in total. The summed E-state index contributed by atoms with van der Waals surface area (Å²) in [6.45, 7) is 7.79. The fourth-order valence-electron chi connectivity index (χ4n) is 10.2. The molecule has 0 saturated heterocycles. The lowest BCUT2D eigenvalue weighted by molar-refractivity contribution is -0.0846. The van der Waals surface area contributed by atoms with Crippen LogP contribution in [-0.4, -0.2) is 38.1 Å². The van der Waals surface area contributed by atoms with Crippen LogP contribution in [-0.2, 0) is 0 Å². The largest absolute Gasteiger partial charge is 0.317 e. The number of hydrogen-bond acceptors (Lipinski definition) is 2. The zero-order valence-corrected chi connectivity index (χ0v) is 18.9. The molecule has 2 heteroatoms. The van der Waals surface area contributed by atoms with Crippen molar-refractivity contribution in [3.8, 4) is 0 Å². The first-order valence-corrected chi connectivity index (χ1v) is 12.1. The van der Waals surface area contributed by atoms with Gasteiger partial charge in [-0.15, -0.1) is 0 Å². The van der Waals surface area contributed by atoms with E-state index in [-0.39, 0.29) is 0 Å². The molecule has 2 nitrogen and oxygen atoms in total. The van der Waals surface area contributed by atoms with Gasteiger partial charge in [0.15, 0.2) is 0 Å². The van der Waals surface area contributed by atoms with E-state index in [4.69, 9.17) is 0 Å². The third-order valence-corrected chi connectivity index (χ3v) is 11.7. The van der Waals surface area contributed by atoms with Gasteiger partial charge in [0.2, 0.25) is 0 Å². The van der Waals surface area contributed by atoms with E-state index in [0.717, 1.165) is 52.5 Å². The Morgan fingerprint density at radius 1 is 0.889 bits per heavy atom. The second kappa shape index (κ2) is 5.97. The average molecular weight is 373 g/mol. The highest BCUT2D eigenvalue weighted by Crippen LogP contribution is 2.85. The Kier molecular flexibility index (Phi) is 4.18.